The van der Waals surface area contributed by atoms with E-state index in [4.69, 9.17) is 0 Å². The quantitative estimate of drug-likeness (QED) is 0.759. The molecule has 3 rings (SSSR count). The van der Waals surface area contributed by atoms with Crippen LogP contribution in [0.2, 0.25) is 0 Å². The molecule has 1 aromatic rings. The number of rotatable bonds is 5. The number of piperidine rings is 1. The van der Waals surface area contributed by atoms with Gasteiger partial charge in [-0.1, -0.05) is 6.07 Å². The van der Waals surface area contributed by atoms with Crippen molar-refractivity contribution < 1.29 is 9.59 Å². The molecule has 0 aromatic carbocycles. The van der Waals surface area contributed by atoms with E-state index < -0.39 is 0 Å². The van der Waals surface area contributed by atoms with Gasteiger partial charge in [-0.25, -0.2) is 0 Å². The number of piperazine rings is 1. The Morgan fingerprint density at radius 3 is 2.56 bits per heavy atom. The second-order valence-corrected chi connectivity index (χ2v) is 7.74. The molecule has 0 saturated carbocycles. The molecule has 0 aliphatic carbocycles. The highest BCUT2D eigenvalue weighted by atomic mass is 16.2. The standard InChI is InChI=1S/C20H30N4O3/c1-21-11-13-22(14-12-21)19(26)8-7-17-5-4-10-23(15-17)20(27)16-24-9-3-2-6-18(24)25/h2-3,6,9,17H,4-5,7-8,10-16H2,1H3/t17-/m0/s1. The molecule has 3 heterocycles. The van der Waals surface area contributed by atoms with Gasteiger partial charge in [0.25, 0.3) is 5.56 Å². The van der Waals surface area contributed by atoms with Gasteiger partial charge in [0.1, 0.15) is 6.54 Å². The van der Waals surface area contributed by atoms with Gasteiger partial charge in [0, 0.05) is 58.0 Å². The lowest BCUT2D eigenvalue weighted by Gasteiger charge is -2.34. The van der Waals surface area contributed by atoms with Crippen LogP contribution in [-0.4, -0.2) is 77.4 Å². The zero-order chi connectivity index (χ0) is 19.2. The Labute approximate surface area is 160 Å². The Hall–Kier alpha value is -2.15. The molecule has 0 radical (unpaired) electrons. The molecule has 0 unspecified atom stereocenters. The third-order valence-electron chi connectivity index (χ3n) is 5.70. The predicted molar refractivity (Wildman–Crippen MR) is 103 cm³/mol. The summed E-state index contributed by atoms with van der Waals surface area (Å²) in [7, 11) is 2.08. The van der Waals surface area contributed by atoms with Gasteiger partial charge < -0.3 is 19.3 Å². The van der Waals surface area contributed by atoms with Crippen LogP contribution in [0.15, 0.2) is 29.2 Å². The third kappa shape index (κ3) is 5.42. The Bertz CT molecular complexity index is 709. The molecule has 2 aliphatic rings. The summed E-state index contributed by atoms with van der Waals surface area (Å²) in [6, 6.07) is 4.91. The highest BCUT2D eigenvalue weighted by Crippen LogP contribution is 2.22. The molecular weight excluding hydrogens is 344 g/mol. The first kappa shape index (κ1) is 19.6. The molecule has 1 aromatic heterocycles. The van der Waals surface area contributed by atoms with Gasteiger partial charge in [-0.05, 0) is 38.3 Å². The van der Waals surface area contributed by atoms with Crippen molar-refractivity contribution in [1.82, 2.24) is 19.3 Å². The number of hydrogen-bond acceptors (Lipinski definition) is 4. The molecule has 0 spiro atoms. The van der Waals surface area contributed by atoms with Gasteiger partial charge in [-0.15, -0.1) is 0 Å². The van der Waals surface area contributed by atoms with Crippen molar-refractivity contribution in [3.63, 3.8) is 0 Å². The Morgan fingerprint density at radius 1 is 1.04 bits per heavy atom. The predicted octanol–water partition coefficient (Wildman–Crippen LogP) is 0.641. The van der Waals surface area contributed by atoms with Crippen molar-refractivity contribution in [3.05, 3.63) is 34.7 Å². The maximum absolute atomic E-state index is 12.6. The lowest BCUT2D eigenvalue weighted by Crippen LogP contribution is -2.47. The van der Waals surface area contributed by atoms with E-state index in [1.807, 2.05) is 9.80 Å². The Balaban J connectivity index is 1.46. The number of nitrogens with zero attached hydrogens (tertiary/aromatic N) is 4. The molecule has 0 bridgehead atoms. The van der Waals surface area contributed by atoms with Crippen LogP contribution in [0.4, 0.5) is 0 Å². The van der Waals surface area contributed by atoms with Gasteiger partial charge in [0.2, 0.25) is 11.8 Å². The van der Waals surface area contributed by atoms with E-state index in [-0.39, 0.29) is 23.9 Å². The first-order chi connectivity index (χ1) is 13.0. The number of carbonyl (C=O) groups excluding carboxylic acids is 2. The molecule has 2 saturated heterocycles. The SMILES string of the molecule is CN1CCN(C(=O)CC[C@@H]2CCCN(C(=O)Cn3ccccc3=O)C2)CC1. The van der Waals surface area contributed by atoms with Crippen LogP contribution in [0, 0.1) is 5.92 Å². The van der Waals surface area contributed by atoms with Gasteiger partial charge >= 0.3 is 0 Å². The molecule has 7 heteroatoms. The molecule has 2 amide bonds. The maximum Gasteiger partial charge on any atom is 0.250 e. The smallest absolute Gasteiger partial charge is 0.250 e. The van der Waals surface area contributed by atoms with Gasteiger partial charge in [-0.2, -0.15) is 0 Å². The van der Waals surface area contributed by atoms with Crippen LogP contribution in [0.1, 0.15) is 25.7 Å². The van der Waals surface area contributed by atoms with Crippen LogP contribution in [-0.2, 0) is 16.1 Å². The monoisotopic (exact) mass is 374 g/mol. The summed E-state index contributed by atoms with van der Waals surface area (Å²) in [6.45, 7) is 5.03. The van der Waals surface area contributed by atoms with Crippen molar-refractivity contribution in [2.75, 3.05) is 46.3 Å². The van der Waals surface area contributed by atoms with Crippen molar-refractivity contribution in [2.45, 2.75) is 32.2 Å². The van der Waals surface area contributed by atoms with Crippen molar-refractivity contribution in [2.24, 2.45) is 5.92 Å². The van der Waals surface area contributed by atoms with Gasteiger partial charge in [0.15, 0.2) is 0 Å². The summed E-state index contributed by atoms with van der Waals surface area (Å²) < 4.78 is 1.45. The van der Waals surface area contributed by atoms with E-state index in [9.17, 15) is 14.4 Å². The average Bonchev–Trinajstić information content (AvgIpc) is 2.68. The summed E-state index contributed by atoms with van der Waals surface area (Å²) in [6.07, 6.45) is 5.07. The Morgan fingerprint density at radius 2 is 1.81 bits per heavy atom. The zero-order valence-corrected chi connectivity index (χ0v) is 16.2. The minimum Gasteiger partial charge on any atom is -0.341 e. The third-order valence-corrected chi connectivity index (χ3v) is 5.70. The number of hydrogen-bond donors (Lipinski definition) is 0. The normalized spacial score (nSPS) is 21.3. The summed E-state index contributed by atoms with van der Waals surface area (Å²) in [5, 5.41) is 0. The first-order valence-electron chi connectivity index (χ1n) is 9.92. The molecule has 7 nitrogen and oxygen atoms in total. The number of amides is 2. The second-order valence-electron chi connectivity index (χ2n) is 7.74. The molecule has 0 N–H and O–H groups in total. The summed E-state index contributed by atoms with van der Waals surface area (Å²) in [5.41, 5.74) is -0.155. The number of pyridine rings is 1. The molecule has 27 heavy (non-hydrogen) atoms. The highest BCUT2D eigenvalue weighted by molar-refractivity contribution is 5.77. The van der Waals surface area contributed by atoms with Gasteiger partial charge in [0.05, 0.1) is 0 Å². The molecule has 2 aliphatic heterocycles. The minimum absolute atomic E-state index is 0.0154. The molecule has 148 valence electrons. The van der Waals surface area contributed by atoms with Crippen LogP contribution >= 0.6 is 0 Å². The van der Waals surface area contributed by atoms with Crippen LogP contribution in [0.3, 0.4) is 0 Å². The lowest BCUT2D eigenvalue weighted by molar-refractivity contribution is -0.134. The van der Waals surface area contributed by atoms with Gasteiger partial charge in [-0.3, -0.25) is 14.4 Å². The molecule has 1 atom stereocenters. The number of likely N-dealkylation sites (N-methyl/N-ethyl adjacent to an activating group) is 1. The zero-order valence-electron chi connectivity index (χ0n) is 16.2. The van der Waals surface area contributed by atoms with E-state index >= 15 is 0 Å². The number of aromatic nitrogens is 1. The first-order valence-corrected chi connectivity index (χ1v) is 9.92. The van der Waals surface area contributed by atoms with E-state index in [1.165, 1.54) is 10.6 Å². The van der Waals surface area contributed by atoms with E-state index in [1.54, 1.807) is 18.3 Å². The van der Waals surface area contributed by atoms with Crippen LogP contribution < -0.4 is 5.56 Å². The van der Waals surface area contributed by atoms with Crippen molar-refractivity contribution in [1.29, 1.82) is 0 Å². The van der Waals surface area contributed by atoms with E-state index in [0.717, 1.165) is 52.0 Å². The minimum atomic E-state index is -0.155. The van der Waals surface area contributed by atoms with E-state index in [2.05, 4.69) is 11.9 Å². The topological polar surface area (TPSA) is 65.9 Å². The molecule has 2 fully saturated rings. The van der Waals surface area contributed by atoms with Crippen LogP contribution in [0.5, 0.6) is 0 Å². The van der Waals surface area contributed by atoms with Crippen molar-refractivity contribution in [3.8, 4) is 0 Å². The fraction of sp³-hybridized carbons (Fsp3) is 0.650. The summed E-state index contributed by atoms with van der Waals surface area (Å²) in [4.78, 5) is 42.9. The highest BCUT2D eigenvalue weighted by Gasteiger charge is 2.25. The van der Waals surface area contributed by atoms with Crippen LogP contribution in [0.25, 0.3) is 0 Å². The average molecular weight is 374 g/mol. The summed E-state index contributed by atoms with van der Waals surface area (Å²) >= 11 is 0. The largest absolute Gasteiger partial charge is 0.341 e. The number of likely N-dealkylation sites (tertiary alicyclic amines) is 1. The van der Waals surface area contributed by atoms with E-state index in [0.29, 0.717) is 18.9 Å². The summed E-state index contributed by atoms with van der Waals surface area (Å²) in [5.74, 6) is 0.590. The fourth-order valence-electron chi connectivity index (χ4n) is 3.91. The second kappa shape index (κ2) is 9.17. The fourth-order valence-corrected chi connectivity index (χ4v) is 3.91. The Kier molecular flexibility index (Phi) is 6.66. The number of carbonyl (C=O) groups is 2. The molecular formula is C20H30N4O3. The lowest BCUT2D eigenvalue weighted by atomic mass is 9.93. The van der Waals surface area contributed by atoms with Crippen molar-refractivity contribution >= 4 is 11.8 Å². The maximum atomic E-state index is 12.6.